The van der Waals surface area contributed by atoms with Crippen LogP contribution in [0.1, 0.15) is 19.8 Å². The number of carbonyl (C=O) groups excluding carboxylic acids is 1. The van der Waals surface area contributed by atoms with Gasteiger partial charge in [-0.2, -0.15) is 0 Å². The summed E-state index contributed by atoms with van der Waals surface area (Å²) in [6.45, 7) is 3.10. The number of anilines is 1. The van der Waals surface area contributed by atoms with Crippen LogP contribution in [-0.4, -0.2) is 41.1 Å². The highest BCUT2D eigenvalue weighted by Crippen LogP contribution is 2.21. The van der Waals surface area contributed by atoms with Crippen LogP contribution in [0.3, 0.4) is 0 Å². The zero-order valence-corrected chi connectivity index (χ0v) is 12.1. The average molecular weight is 301 g/mol. The highest BCUT2D eigenvalue weighted by Gasteiger charge is 2.29. The van der Waals surface area contributed by atoms with Crippen molar-refractivity contribution in [2.75, 3.05) is 25.0 Å². The summed E-state index contributed by atoms with van der Waals surface area (Å²) in [5.74, 6) is -0.861. The molecule has 0 spiro atoms. The van der Waals surface area contributed by atoms with E-state index in [2.05, 4.69) is 5.32 Å². The molecule has 110 valence electrons. The van der Waals surface area contributed by atoms with Gasteiger partial charge in [-0.25, -0.2) is 4.39 Å². The van der Waals surface area contributed by atoms with Crippen LogP contribution in [0.5, 0.6) is 0 Å². The molecule has 20 heavy (non-hydrogen) atoms. The Hall–Kier alpha value is -1.17. The lowest BCUT2D eigenvalue weighted by Crippen LogP contribution is -2.48. The summed E-state index contributed by atoms with van der Waals surface area (Å²) >= 11 is 5.65. The van der Waals surface area contributed by atoms with E-state index in [0.717, 1.165) is 25.5 Å². The van der Waals surface area contributed by atoms with Gasteiger partial charge in [0, 0.05) is 11.6 Å². The first-order chi connectivity index (χ1) is 9.35. The number of amides is 1. The minimum Gasteiger partial charge on any atom is -0.389 e. The first-order valence-electron chi connectivity index (χ1n) is 6.55. The zero-order valence-electron chi connectivity index (χ0n) is 11.3. The molecule has 1 fully saturated rings. The number of β-amino-alcohol motifs (C(OH)–C–C–N with tert-alkyl or cyclic N) is 1. The summed E-state index contributed by atoms with van der Waals surface area (Å²) in [4.78, 5) is 13.8. The van der Waals surface area contributed by atoms with Crippen molar-refractivity contribution < 1.29 is 14.3 Å². The van der Waals surface area contributed by atoms with Gasteiger partial charge in [-0.15, -0.1) is 0 Å². The lowest BCUT2D eigenvalue weighted by atomic mass is 9.95. The Morgan fingerprint density at radius 3 is 3.00 bits per heavy atom. The summed E-state index contributed by atoms with van der Waals surface area (Å²) in [5, 5.41) is 12.8. The molecule has 0 radical (unpaired) electrons. The Bertz CT molecular complexity index is 508. The van der Waals surface area contributed by atoms with E-state index in [-0.39, 0.29) is 23.2 Å². The number of benzene rings is 1. The number of carbonyl (C=O) groups is 1. The van der Waals surface area contributed by atoms with Crippen molar-refractivity contribution in [1.29, 1.82) is 0 Å². The number of aliphatic hydroxyl groups is 1. The third-order valence-corrected chi connectivity index (χ3v) is 3.56. The van der Waals surface area contributed by atoms with Crippen LogP contribution in [0.2, 0.25) is 5.02 Å². The molecular weight excluding hydrogens is 283 g/mol. The first-order valence-corrected chi connectivity index (χ1v) is 6.93. The highest BCUT2D eigenvalue weighted by molar-refractivity contribution is 6.30. The fourth-order valence-corrected chi connectivity index (χ4v) is 2.60. The molecule has 1 amide bonds. The van der Waals surface area contributed by atoms with Crippen LogP contribution in [0.4, 0.5) is 10.1 Å². The third kappa shape index (κ3) is 4.16. The van der Waals surface area contributed by atoms with Gasteiger partial charge in [0.1, 0.15) is 5.82 Å². The van der Waals surface area contributed by atoms with E-state index in [9.17, 15) is 14.3 Å². The minimum atomic E-state index is -0.760. The van der Waals surface area contributed by atoms with Gasteiger partial charge >= 0.3 is 0 Å². The van der Waals surface area contributed by atoms with Crippen LogP contribution in [0.15, 0.2) is 18.2 Å². The molecule has 1 aromatic rings. The Morgan fingerprint density at radius 1 is 1.60 bits per heavy atom. The topological polar surface area (TPSA) is 52.6 Å². The van der Waals surface area contributed by atoms with E-state index >= 15 is 0 Å². The number of nitrogens with zero attached hydrogens (tertiary/aromatic N) is 1. The second-order valence-electron chi connectivity index (χ2n) is 5.48. The lowest BCUT2D eigenvalue weighted by molar-refractivity contribution is -0.118. The van der Waals surface area contributed by atoms with Gasteiger partial charge in [0.25, 0.3) is 0 Å². The Morgan fingerprint density at radius 2 is 2.35 bits per heavy atom. The van der Waals surface area contributed by atoms with Crippen LogP contribution in [0, 0.1) is 5.82 Å². The average Bonchev–Trinajstić information content (AvgIpc) is 2.31. The summed E-state index contributed by atoms with van der Waals surface area (Å²) in [5.41, 5.74) is -0.646. The SMILES string of the molecule is CC1(O)CCCN(CC(=O)Nc2ccc(Cl)cc2F)C1. The molecule has 1 saturated heterocycles. The Balaban J connectivity index is 1.92. The highest BCUT2D eigenvalue weighted by atomic mass is 35.5. The molecule has 1 aliphatic heterocycles. The standard InChI is InChI=1S/C14H18ClFN2O2/c1-14(20)5-2-6-18(9-14)8-13(19)17-12-4-3-10(15)7-11(12)16/h3-4,7,20H,2,5-6,8-9H2,1H3,(H,17,19). The normalized spacial score (nSPS) is 23.6. The second kappa shape index (κ2) is 6.08. The van der Waals surface area contributed by atoms with Crippen molar-refractivity contribution >= 4 is 23.2 Å². The number of halogens is 2. The number of likely N-dealkylation sites (tertiary alicyclic amines) is 1. The molecule has 1 atom stereocenters. The number of hydrogen-bond donors (Lipinski definition) is 2. The number of nitrogens with one attached hydrogen (secondary N) is 1. The largest absolute Gasteiger partial charge is 0.389 e. The summed E-state index contributed by atoms with van der Waals surface area (Å²) < 4.78 is 13.6. The fourth-order valence-electron chi connectivity index (χ4n) is 2.44. The smallest absolute Gasteiger partial charge is 0.238 e. The maximum atomic E-state index is 13.6. The Kier molecular flexibility index (Phi) is 4.62. The molecule has 0 bridgehead atoms. The lowest BCUT2D eigenvalue weighted by Gasteiger charge is -2.36. The molecule has 1 unspecified atom stereocenters. The molecule has 0 saturated carbocycles. The maximum absolute atomic E-state index is 13.6. The molecule has 1 aromatic carbocycles. The molecule has 4 nitrogen and oxygen atoms in total. The number of hydrogen-bond acceptors (Lipinski definition) is 3. The summed E-state index contributed by atoms with van der Waals surface area (Å²) in [7, 11) is 0. The first kappa shape index (κ1) is 15.2. The van der Waals surface area contributed by atoms with Crippen LogP contribution < -0.4 is 5.32 Å². The van der Waals surface area contributed by atoms with E-state index in [4.69, 9.17) is 11.6 Å². The van der Waals surface area contributed by atoms with Crippen LogP contribution >= 0.6 is 11.6 Å². The monoisotopic (exact) mass is 300 g/mol. The van der Waals surface area contributed by atoms with Gasteiger partial charge in [0.05, 0.1) is 17.8 Å². The third-order valence-electron chi connectivity index (χ3n) is 3.33. The van der Waals surface area contributed by atoms with Crippen molar-refractivity contribution in [2.45, 2.75) is 25.4 Å². The zero-order chi connectivity index (χ0) is 14.8. The molecule has 0 aliphatic carbocycles. The van der Waals surface area contributed by atoms with Crippen molar-refractivity contribution in [3.63, 3.8) is 0 Å². The molecule has 2 rings (SSSR count). The molecular formula is C14H18ClFN2O2. The van der Waals surface area contributed by atoms with Gasteiger partial charge in [0.2, 0.25) is 5.91 Å². The van der Waals surface area contributed by atoms with Gasteiger partial charge in [-0.05, 0) is 44.5 Å². The fraction of sp³-hybridized carbons (Fsp3) is 0.500. The molecule has 6 heteroatoms. The van der Waals surface area contributed by atoms with Gasteiger partial charge < -0.3 is 10.4 Å². The summed E-state index contributed by atoms with van der Waals surface area (Å²) in [6, 6.07) is 4.11. The number of rotatable bonds is 3. The van der Waals surface area contributed by atoms with Crippen molar-refractivity contribution in [1.82, 2.24) is 4.90 Å². The van der Waals surface area contributed by atoms with Crippen LogP contribution in [-0.2, 0) is 4.79 Å². The van der Waals surface area contributed by atoms with E-state index in [1.54, 1.807) is 6.92 Å². The van der Waals surface area contributed by atoms with Crippen LogP contribution in [0.25, 0.3) is 0 Å². The molecule has 2 N–H and O–H groups in total. The Labute approximate surface area is 122 Å². The van der Waals surface area contributed by atoms with Crippen molar-refractivity contribution in [2.24, 2.45) is 0 Å². The van der Waals surface area contributed by atoms with Gasteiger partial charge in [-0.1, -0.05) is 11.6 Å². The summed E-state index contributed by atoms with van der Waals surface area (Å²) in [6.07, 6.45) is 1.58. The quantitative estimate of drug-likeness (QED) is 0.900. The molecule has 1 heterocycles. The predicted molar refractivity (Wildman–Crippen MR) is 76.3 cm³/mol. The van der Waals surface area contributed by atoms with E-state index in [1.165, 1.54) is 12.1 Å². The molecule has 0 aromatic heterocycles. The second-order valence-corrected chi connectivity index (χ2v) is 5.92. The van der Waals surface area contributed by atoms with Crippen molar-refractivity contribution in [3.8, 4) is 0 Å². The maximum Gasteiger partial charge on any atom is 0.238 e. The van der Waals surface area contributed by atoms with E-state index in [0.29, 0.717) is 6.54 Å². The van der Waals surface area contributed by atoms with Gasteiger partial charge in [-0.3, -0.25) is 9.69 Å². The minimum absolute atomic E-state index is 0.114. The van der Waals surface area contributed by atoms with E-state index < -0.39 is 11.4 Å². The molecule has 1 aliphatic rings. The predicted octanol–water partition coefficient (Wildman–Crippen LogP) is 2.26. The van der Waals surface area contributed by atoms with Crippen molar-refractivity contribution in [3.05, 3.63) is 29.0 Å². The van der Waals surface area contributed by atoms with Gasteiger partial charge in [0.15, 0.2) is 0 Å². The van der Waals surface area contributed by atoms with E-state index in [1.807, 2.05) is 4.90 Å². The number of piperidine rings is 1.